The third-order valence-electron chi connectivity index (χ3n) is 4.57. The minimum Gasteiger partial charge on any atom is -0.455 e. The Hall–Kier alpha value is -2.12. The van der Waals surface area contributed by atoms with Gasteiger partial charge in [-0.3, -0.25) is 0 Å². The van der Waals surface area contributed by atoms with Crippen molar-refractivity contribution < 1.29 is 17.9 Å². The summed E-state index contributed by atoms with van der Waals surface area (Å²) in [7, 11) is -3.04. The molecule has 8 heteroatoms. The van der Waals surface area contributed by atoms with Crippen LogP contribution in [0.15, 0.2) is 36.4 Å². The van der Waals surface area contributed by atoms with Crippen LogP contribution in [0.1, 0.15) is 42.3 Å². The summed E-state index contributed by atoms with van der Waals surface area (Å²) in [6, 6.07) is 9.18. The SMILES string of the molecule is Cc1nn([C@H]2CCS(=O)(=O)C2)c(Cl)c1/C=C/C(=O)O[C@H](C)c1ccccc1. The number of benzene rings is 1. The molecule has 0 saturated carbocycles. The first-order valence-electron chi connectivity index (χ1n) is 8.65. The Kier molecular flexibility index (Phi) is 5.72. The molecule has 1 aromatic carbocycles. The lowest BCUT2D eigenvalue weighted by atomic mass is 10.1. The molecule has 0 radical (unpaired) electrons. The number of carbonyl (C=O) groups excluding carboxylic acids is 1. The third kappa shape index (κ3) is 4.59. The van der Waals surface area contributed by atoms with E-state index in [1.165, 1.54) is 6.08 Å². The number of ether oxygens (including phenoxy) is 1. The average Bonchev–Trinajstić information content (AvgIpc) is 3.12. The summed E-state index contributed by atoms with van der Waals surface area (Å²) in [6.45, 7) is 3.57. The van der Waals surface area contributed by atoms with Crippen LogP contribution in [0, 0.1) is 6.92 Å². The van der Waals surface area contributed by atoms with E-state index in [9.17, 15) is 13.2 Å². The monoisotopic (exact) mass is 408 g/mol. The molecule has 0 spiro atoms. The number of sulfone groups is 1. The van der Waals surface area contributed by atoms with Crippen molar-refractivity contribution >= 4 is 33.5 Å². The predicted octanol–water partition coefficient (Wildman–Crippen LogP) is 3.52. The fraction of sp³-hybridized carbons (Fsp3) is 0.368. The van der Waals surface area contributed by atoms with E-state index in [0.717, 1.165) is 5.56 Å². The Morgan fingerprint density at radius 3 is 2.70 bits per heavy atom. The standard InChI is InChI=1S/C19H21ClN2O4S/c1-13-17(19(20)22(21-13)16-10-11-27(24,25)12-16)8-9-18(23)26-14(2)15-6-4-3-5-7-15/h3-9,14,16H,10-12H2,1-2H3/b9-8+/t14-,16+/m1/s1. The number of nitrogens with zero attached hydrogens (tertiary/aromatic N) is 2. The van der Waals surface area contributed by atoms with Gasteiger partial charge in [0.1, 0.15) is 11.3 Å². The van der Waals surface area contributed by atoms with Crippen LogP contribution in [0.25, 0.3) is 6.08 Å². The van der Waals surface area contributed by atoms with E-state index in [0.29, 0.717) is 22.8 Å². The quantitative estimate of drug-likeness (QED) is 0.558. The van der Waals surface area contributed by atoms with Gasteiger partial charge in [-0.25, -0.2) is 17.9 Å². The lowest BCUT2D eigenvalue weighted by Gasteiger charge is -2.11. The molecule has 2 heterocycles. The molecule has 0 amide bonds. The Morgan fingerprint density at radius 1 is 1.37 bits per heavy atom. The van der Waals surface area contributed by atoms with Crippen LogP contribution in [-0.4, -0.2) is 35.7 Å². The molecule has 1 aromatic heterocycles. The van der Waals surface area contributed by atoms with Gasteiger partial charge >= 0.3 is 5.97 Å². The van der Waals surface area contributed by atoms with E-state index < -0.39 is 15.8 Å². The van der Waals surface area contributed by atoms with Gasteiger partial charge < -0.3 is 4.74 Å². The summed E-state index contributed by atoms with van der Waals surface area (Å²) in [5.41, 5.74) is 2.12. The van der Waals surface area contributed by atoms with Gasteiger partial charge in [0.05, 0.1) is 23.2 Å². The smallest absolute Gasteiger partial charge is 0.331 e. The molecule has 1 aliphatic rings. The third-order valence-corrected chi connectivity index (χ3v) is 6.70. The van der Waals surface area contributed by atoms with E-state index in [-0.39, 0.29) is 23.7 Å². The minimum atomic E-state index is -3.04. The highest BCUT2D eigenvalue weighted by Crippen LogP contribution is 2.30. The van der Waals surface area contributed by atoms with Crippen molar-refractivity contribution in [2.75, 3.05) is 11.5 Å². The first-order valence-corrected chi connectivity index (χ1v) is 10.9. The van der Waals surface area contributed by atoms with Crippen LogP contribution in [0.4, 0.5) is 0 Å². The summed E-state index contributed by atoms with van der Waals surface area (Å²) in [4.78, 5) is 12.1. The maximum atomic E-state index is 12.1. The molecule has 6 nitrogen and oxygen atoms in total. The Morgan fingerprint density at radius 2 is 2.07 bits per heavy atom. The van der Waals surface area contributed by atoms with Crippen LogP contribution < -0.4 is 0 Å². The summed E-state index contributed by atoms with van der Waals surface area (Å²) < 4.78 is 30.3. The van der Waals surface area contributed by atoms with Gasteiger partial charge in [-0.1, -0.05) is 41.9 Å². The molecular weight excluding hydrogens is 388 g/mol. The number of aryl methyl sites for hydroxylation is 1. The average molecular weight is 409 g/mol. The molecular formula is C19H21ClN2O4S. The Labute approximate surface area is 163 Å². The molecule has 0 N–H and O–H groups in total. The number of carbonyl (C=O) groups is 1. The van der Waals surface area contributed by atoms with Crippen LogP contribution in [0.2, 0.25) is 5.15 Å². The molecule has 0 aliphatic carbocycles. The van der Waals surface area contributed by atoms with E-state index in [1.54, 1.807) is 24.6 Å². The largest absolute Gasteiger partial charge is 0.455 e. The molecule has 0 unspecified atom stereocenters. The maximum absolute atomic E-state index is 12.1. The van der Waals surface area contributed by atoms with E-state index in [2.05, 4.69) is 5.10 Å². The summed E-state index contributed by atoms with van der Waals surface area (Å²) in [5.74, 6) is -0.312. The van der Waals surface area contributed by atoms with Crippen LogP contribution in [-0.2, 0) is 19.4 Å². The zero-order valence-electron chi connectivity index (χ0n) is 15.1. The van der Waals surface area contributed by atoms with E-state index in [4.69, 9.17) is 16.3 Å². The van der Waals surface area contributed by atoms with Gasteiger partial charge in [-0.2, -0.15) is 5.10 Å². The summed E-state index contributed by atoms with van der Waals surface area (Å²) in [6.07, 6.45) is 2.99. The first kappa shape index (κ1) is 19.6. The van der Waals surface area contributed by atoms with Crippen molar-refractivity contribution in [1.29, 1.82) is 0 Å². The van der Waals surface area contributed by atoms with Gasteiger partial charge in [-0.05, 0) is 31.9 Å². The second-order valence-corrected chi connectivity index (χ2v) is 9.20. The number of rotatable bonds is 5. The van der Waals surface area contributed by atoms with Gasteiger partial charge in [0.2, 0.25) is 0 Å². The van der Waals surface area contributed by atoms with Crippen molar-refractivity contribution in [3.63, 3.8) is 0 Å². The minimum absolute atomic E-state index is 0.0353. The maximum Gasteiger partial charge on any atom is 0.331 e. The molecule has 1 aliphatic heterocycles. The molecule has 2 aromatic rings. The topological polar surface area (TPSA) is 78.3 Å². The highest BCUT2D eigenvalue weighted by Gasteiger charge is 2.31. The highest BCUT2D eigenvalue weighted by molar-refractivity contribution is 7.91. The van der Waals surface area contributed by atoms with Crippen molar-refractivity contribution in [3.8, 4) is 0 Å². The zero-order valence-corrected chi connectivity index (χ0v) is 16.7. The van der Waals surface area contributed by atoms with Crippen LogP contribution >= 0.6 is 11.6 Å². The molecule has 2 atom stereocenters. The second kappa shape index (κ2) is 7.86. The van der Waals surface area contributed by atoms with Crippen molar-refractivity contribution in [2.24, 2.45) is 0 Å². The zero-order chi connectivity index (χ0) is 19.6. The van der Waals surface area contributed by atoms with Crippen molar-refractivity contribution in [1.82, 2.24) is 9.78 Å². The van der Waals surface area contributed by atoms with Crippen molar-refractivity contribution in [3.05, 3.63) is 58.4 Å². The van der Waals surface area contributed by atoms with Crippen LogP contribution in [0.3, 0.4) is 0 Å². The number of hydrogen-bond donors (Lipinski definition) is 0. The summed E-state index contributed by atoms with van der Waals surface area (Å²) in [5, 5.41) is 4.69. The number of halogens is 1. The van der Waals surface area contributed by atoms with Gasteiger partial charge in [-0.15, -0.1) is 0 Å². The van der Waals surface area contributed by atoms with Gasteiger partial charge in [0, 0.05) is 11.6 Å². The molecule has 144 valence electrons. The molecule has 27 heavy (non-hydrogen) atoms. The lowest BCUT2D eigenvalue weighted by Crippen LogP contribution is -2.12. The predicted molar refractivity (Wildman–Crippen MR) is 104 cm³/mol. The first-order chi connectivity index (χ1) is 12.8. The fourth-order valence-corrected chi connectivity index (χ4v) is 5.16. The van der Waals surface area contributed by atoms with Gasteiger partial charge in [0.15, 0.2) is 9.84 Å². The van der Waals surface area contributed by atoms with Gasteiger partial charge in [0.25, 0.3) is 0 Å². The molecule has 3 rings (SSSR count). The number of aromatic nitrogens is 2. The fourth-order valence-electron chi connectivity index (χ4n) is 3.09. The highest BCUT2D eigenvalue weighted by atomic mass is 35.5. The number of esters is 1. The molecule has 0 bridgehead atoms. The van der Waals surface area contributed by atoms with E-state index >= 15 is 0 Å². The molecule has 1 fully saturated rings. The molecule has 1 saturated heterocycles. The lowest BCUT2D eigenvalue weighted by molar-refractivity contribution is -0.142. The van der Waals surface area contributed by atoms with Crippen molar-refractivity contribution in [2.45, 2.75) is 32.4 Å². The van der Waals surface area contributed by atoms with E-state index in [1.807, 2.05) is 30.3 Å². The summed E-state index contributed by atoms with van der Waals surface area (Å²) >= 11 is 6.39. The second-order valence-electron chi connectivity index (χ2n) is 6.61. The Balaban J connectivity index is 1.71. The Bertz CT molecular complexity index is 967. The normalized spacial score (nSPS) is 20.0. The van der Waals surface area contributed by atoms with Crippen LogP contribution in [0.5, 0.6) is 0 Å². The number of hydrogen-bond acceptors (Lipinski definition) is 5.